The highest BCUT2D eigenvalue weighted by Gasteiger charge is 2.47. The molecule has 452 valence electrons. The summed E-state index contributed by atoms with van der Waals surface area (Å²) in [5.41, 5.74) is 5.60. The smallest absolute Gasteiger partial charge is 0.331 e. The van der Waals surface area contributed by atoms with E-state index in [1.54, 1.807) is 0 Å². The highest BCUT2D eigenvalue weighted by Crippen LogP contribution is 2.45. The summed E-state index contributed by atoms with van der Waals surface area (Å²) in [6.07, 6.45) is 27.7. The van der Waals surface area contributed by atoms with Crippen molar-refractivity contribution in [2.75, 3.05) is 0 Å². The van der Waals surface area contributed by atoms with Crippen LogP contribution >= 0.6 is 0 Å². The second kappa shape index (κ2) is 29.9. The van der Waals surface area contributed by atoms with Gasteiger partial charge in [-0.15, -0.1) is 0 Å². The van der Waals surface area contributed by atoms with Crippen LogP contribution in [0.2, 0.25) is 54.4 Å². The molecule has 0 radical (unpaired) electrons. The van der Waals surface area contributed by atoms with Gasteiger partial charge in [0, 0.05) is 50.2 Å². The molecule has 79 heavy (non-hydrogen) atoms. The molecule has 1 saturated carbocycles. The Bertz CT molecular complexity index is 2180. The summed E-state index contributed by atoms with van der Waals surface area (Å²) in [4.78, 5) is 26.8. The molecule has 12 heteroatoms. The van der Waals surface area contributed by atoms with Gasteiger partial charge in [0.25, 0.3) is 0 Å². The van der Waals surface area contributed by atoms with E-state index < -0.39 is 30.7 Å². The van der Waals surface area contributed by atoms with E-state index in [9.17, 15) is 9.59 Å². The largest absolute Gasteiger partial charge is 0.462 e. The molecule has 0 amide bonds. The number of carbonyl (C=O) groups excluding carboxylic acids is 2. The van der Waals surface area contributed by atoms with Gasteiger partial charge in [-0.1, -0.05) is 160 Å². The van der Waals surface area contributed by atoms with E-state index in [-0.39, 0.29) is 94.0 Å². The van der Waals surface area contributed by atoms with Gasteiger partial charge in [0.05, 0.1) is 24.4 Å². The van der Waals surface area contributed by atoms with E-state index in [1.807, 2.05) is 13.0 Å². The van der Waals surface area contributed by atoms with E-state index in [0.717, 1.165) is 68.1 Å². The molecule has 0 unspecified atom stereocenters. The van der Waals surface area contributed by atoms with Crippen molar-refractivity contribution in [1.82, 2.24) is 0 Å². The minimum Gasteiger partial charge on any atom is -0.462 e. The number of esters is 2. The lowest BCUT2D eigenvalue weighted by atomic mass is 9.88. The standard InChI is InChI=1S/C67H118O9Si3/c1-47(30-28-31-48(2)44-60(75-78(22,23)65(14,15)16)61(76-79(24,25)66(17,18)19)46-56(10)74-77(20,21)64(11,12)13)40-49(3)35-37-63(69)70-57-32-29-33-62(68)71-58(36-34-50(4)41-52(57)6)53(7)42-51(5)43-54(8)59-45-55(9)72-67(73-59)38-26-27-39-67/h28,30-31,34-35,37,40,43-44,52-61H,26-27,29,32-33,36,38-39,41-42,45-46H2,1-25H3/b31-28+,37-35+,47-30+,48-44+,49-40+,50-34+,51-43+/t52-,53-,54+,55+,56-,57-,58+,59+,60-,61-/m0/s1. The molecule has 0 aromatic heterocycles. The lowest BCUT2D eigenvalue weighted by Crippen LogP contribution is -2.52. The van der Waals surface area contributed by atoms with Gasteiger partial charge in [-0.3, -0.25) is 4.79 Å². The summed E-state index contributed by atoms with van der Waals surface area (Å²) in [7, 11) is -6.47. The van der Waals surface area contributed by atoms with Gasteiger partial charge < -0.3 is 32.2 Å². The van der Waals surface area contributed by atoms with E-state index in [1.165, 1.54) is 17.2 Å². The van der Waals surface area contributed by atoms with Crippen molar-refractivity contribution in [3.05, 3.63) is 82.5 Å². The summed E-state index contributed by atoms with van der Waals surface area (Å²) in [5, 5.41) is 0.149. The highest BCUT2D eigenvalue weighted by molar-refractivity contribution is 6.75. The zero-order valence-corrected chi connectivity index (χ0v) is 58.1. The zero-order valence-electron chi connectivity index (χ0n) is 55.1. The summed E-state index contributed by atoms with van der Waals surface area (Å²) in [5.74, 6) is -0.464. The van der Waals surface area contributed by atoms with Crippen molar-refractivity contribution in [2.45, 2.75) is 312 Å². The van der Waals surface area contributed by atoms with Gasteiger partial charge in [-0.2, -0.15) is 0 Å². The molecule has 0 bridgehead atoms. The molecule has 0 aromatic carbocycles. The minimum absolute atomic E-state index is 0.00810. The normalized spacial score (nSPS) is 26.3. The topological polar surface area (TPSA) is 98.8 Å². The van der Waals surface area contributed by atoms with Crippen LogP contribution in [0.3, 0.4) is 0 Å². The molecule has 3 aliphatic rings. The van der Waals surface area contributed by atoms with Crippen LogP contribution in [0.25, 0.3) is 0 Å². The Morgan fingerprint density at radius 2 is 1.33 bits per heavy atom. The predicted molar refractivity (Wildman–Crippen MR) is 340 cm³/mol. The molecule has 2 aliphatic heterocycles. The maximum Gasteiger partial charge on any atom is 0.331 e. The fourth-order valence-corrected chi connectivity index (χ4v) is 14.6. The van der Waals surface area contributed by atoms with Crippen molar-refractivity contribution in [3.63, 3.8) is 0 Å². The molecule has 0 N–H and O–H groups in total. The first-order chi connectivity index (χ1) is 36.1. The minimum atomic E-state index is -2.23. The first-order valence-electron chi connectivity index (χ1n) is 30.7. The van der Waals surface area contributed by atoms with Crippen LogP contribution in [0.5, 0.6) is 0 Å². The zero-order chi connectivity index (χ0) is 60.1. The Labute approximate surface area is 488 Å². The average Bonchev–Trinajstić information content (AvgIpc) is 3.72. The third kappa shape index (κ3) is 23.3. The van der Waals surface area contributed by atoms with Gasteiger partial charge in [0.15, 0.2) is 30.7 Å². The second-order valence-electron chi connectivity index (χ2n) is 29.4. The third-order valence-corrected chi connectivity index (χ3v) is 31.9. The Balaban J connectivity index is 1.72. The van der Waals surface area contributed by atoms with Crippen LogP contribution in [-0.4, -0.2) is 85.4 Å². The summed E-state index contributed by atoms with van der Waals surface area (Å²) < 4.78 is 47.0. The SMILES string of the molecule is CC(=C\C=C\C(C)=C\[C@H](O[Si](C)(C)C(C)(C)C)[C@H](C[C@H](C)O[Si](C)(C)C(C)(C)C)O[Si](C)(C)C(C)(C)C)/C=C(C)/C=C/C(=O)O[C@H]1CCCC(=O)O[C@@H]([C@@H](C)C/C(C)=C/[C@@H](C)[C@H]2C[C@@H](C)OC3(CCCC3)O2)C/C=C(\C)C[C@@H]1C. The van der Waals surface area contributed by atoms with Crippen molar-refractivity contribution >= 4 is 36.9 Å². The van der Waals surface area contributed by atoms with E-state index >= 15 is 0 Å². The predicted octanol–water partition coefficient (Wildman–Crippen LogP) is 19.0. The molecule has 2 fully saturated rings. The average molecular weight is 1150 g/mol. The van der Waals surface area contributed by atoms with Gasteiger partial charge in [-0.05, 0) is 160 Å². The second-order valence-corrected chi connectivity index (χ2v) is 43.7. The first kappa shape index (κ1) is 70.8. The lowest BCUT2D eigenvalue weighted by molar-refractivity contribution is -0.316. The molecule has 1 aliphatic carbocycles. The Kier molecular flexibility index (Phi) is 26.8. The lowest BCUT2D eigenvalue weighted by Gasteiger charge is -2.46. The molecule has 0 aromatic rings. The molecular formula is C67H118O9Si3. The van der Waals surface area contributed by atoms with Crippen molar-refractivity contribution < 1.29 is 41.8 Å². The van der Waals surface area contributed by atoms with Crippen LogP contribution in [0.15, 0.2) is 82.5 Å². The summed E-state index contributed by atoms with van der Waals surface area (Å²) >= 11 is 0. The van der Waals surface area contributed by atoms with Crippen molar-refractivity contribution in [1.29, 1.82) is 0 Å². The van der Waals surface area contributed by atoms with Crippen LogP contribution in [0.4, 0.5) is 0 Å². The van der Waals surface area contributed by atoms with Crippen LogP contribution in [0.1, 0.15) is 209 Å². The molecular weight excluding hydrogens is 1030 g/mol. The molecule has 1 spiro atoms. The van der Waals surface area contributed by atoms with Crippen molar-refractivity contribution in [2.24, 2.45) is 17.8 Å². The molecule has 10 atom stereocenters. The third-order valence-electron chi connectivity index (χ3n) is 18.3. The number of cyclic esters (lactones) is 1. The van der Waals surface area contributed by atoms with Gasteiger partial charge in [0.2, 0.25) is 0 Å². The number of carbonyl (C=O) groups is 2. The number of allylic oxidation sites excluding steroid dienone is 10. The van der Waals surface area contributed by atoms with E-state index in [0.29, 0.717) is 19.3 Å². The molecule has 1 saturated heterocycles. The number of hydrogen-bond donors (Lipinski definition) is 0. The molecule has 3 rings (SSSR count). The number of ether oxygens (including phenoxy) is 4. The Morgan fingerprint density at radius 3 is 1.92 bits per heavy atom. The summed E-state index contributed by atoms with van der Waals surface area (Å²) in [6, 6.07) is 0. The first-order valence-corrected chi connectivity index (χ1v) is 39.4. The van der Waals surface area contributed by atoms with Gasteiger partial charge in [0.1, 0.15) is 12.2 Å². The monoisotopic (exact) mass is 1150 g/mol. The van der Waals surface area contributed by atoms with Gasteiger partial charge in [-0.25, -0.2) is 4.79 Å². The van der Waals surface area contributed by atoms with E-state index in [4.69, 9.17) is 32.2 Å². The van der Waals surface area contributed by atoms with Crippen LogP contribution in [-0.2, 0) is 41.8 Å². The highest BCUT2D eigenvalue weighted by atomic mass is 28.4. The summed E-state index contributed by atoms with van der Waals surface area (Å²) in [6.45, 7) is 56.3. The fraction of sp³-hybridized carbons (Fsp3) is 0.761. The van der Waals surface area contributed by atoms with Crippen LogP contribution in [0, 0.1) is 17.8 Å². The van der Waals surface area contributed by atoms with Gasteiger partial charge >= 0.3 is 11.9 Å². The van der Waals surface area contributed by atoms with E-state index in [2.05, 4.69) is 206 Å². The Morgan fingerprint density at radius 1 is 0.747 bits per heavy atom. The number of hydrogen-bond acceptors (Lipinski definition) is 9. The fourth-order valence-electron chi connectivity index (χ4n) is 10.5. The number of rotatable bonds is 21. The molecule has 9 nitrogen and oxygen atoms in total. The maximum absolute atomic E-state index is 13.4. The Hall–Kier alpha value is -2.43. The van der Waals surface area contributed by atoms with Crippen LogP contribution < -0.4 is 0 Å². The molecule has 2 heterocycles. The van der Waals surface area contributed by atoms with Crippen molar-refractivity contribution in [3.8, 4) is 0 Å². The quantitative estimate of drug-likeness (QED) is 0.0366. The maximum atomic E-state index is 13.4.